The normalized spacial score (nSPS) is 20.5. The standard InChI is InChI=1S/C28H22F2N2O3/c29-20-12-8-17(9-13-20)16-19-4-3-7-24-25(19)31-32(26(24)18-10-14-21(30)15-11-18)27(33)22-5-1-2-6-23(22)28(34)35/h1-2,5-6,8-16,24,26H,3-4,7H2,(H,34,35)/b19-16-/t24-,26+/m0/s1. The van der Waals surface area contributed by atoms with Gasteiger partial charge in [0.05, 0.1) is 22.9 Å². The van der Waals surface area contributed by atoms with Crippen LogP contribution in [0.15, 0.2) is 83.5 Å². The summed E-state index contributed by atoms with van der Waals surface area (Å²) in [6.07, 6.45) is 4.33. The van der Waals surface area contributed by atoms with Crippen molar-refractivity contribution in [3.8, 4) is 0 Å². The molecule has 3 aromatic carbocycles. The third-order valence-corrected chi connectivity index (χ3v) is 6.52. The molecule has 7 heteroatoms. The number of fused-ring (bicyclic) bond motifs is 1. The Morgan fingerprint density at radius 2 is 1.54 bits per heavy atom. The Labute approximate surface area is 201 Å². The highest BCUT2D eigenvalue weighted by Crippen LogP contribution is 2.45. The molecule has 1 N–H and O–H groups in total. The molecule has 1 aliphatic carbocycles. The third-order valence-electron chi connectivity index (χ3n) is 6.52. The van der Waals surface area contributed by atoms with Crippen LogP contribution in [0.4, 0.5) is 8.78 Å². The van der Waals surface area contributed by atoms with Crippen molar-refractivity contribution in [2.24, 2.45) is 11.0 Å². The second-order valence-corrected chi connectivity index (χ2v) is 8.70. The van der Waals surface area contributed by atoms with Crippen LogP contribution >= 0.6 is 0 Å². The van der Waals surface area contributed by atoms with E-state index in [4.69, 9.17) is 5.10 Å². The van der Waals surface area contributed by atoms with Gasteiger partial charge in [0.1, 0.15) is 11.6 Å². The van der Waals surface area contributed by atoms with E-state index in [1.165, 1.54) is 41.4 Å². The van der Waals surface area contributed by atoms with Gasteiger partial charge in [-0.15, -0.1) is 0 Å². The maximum atomic E-state index is 13.7. The lowest BCUT2D eigenvalue weighted by atomic mass is 9.77. The molecule has 0 unspecified atom stereocenters. The Hall–Kier alpha value is -4.13. The molecule has 1 aliphatic heterocycles. The van der Waals surface area contributed by atoms with Crippen LogP contribution in [0.3, 0.4) is 0 Å². The maximum absolute atomic E-state index is 13.7. The van der Waals surface area contributed by atoms with Crippen molar-refractivity contribution in [3.05, 3.63) is 112 Å². The van der Waals surface area contributed by atoms with Gasteiger partial charge in [0, 0.05) is 5.92 Å². The molecule has 5 nitrogen and oxygen atoms in total. The molecule has 35 heavy (non-hydrogen) atoms. The van der Waals surface area contributed by atoms with Gasteiger partial charge in [-0.3, -0.25) is 4.79 Å². The fraction of sp³-hybridized carbons (Fsp3) is 0.179. The molecule has 2 aliphatic rings. The van der Waals surface area contributed by atoms with Gasteiger partial charge in [-0.1, -0.05) is 36.4 Å². The van der Waals surface area contributed by atoms with E-state index in [1.54, 1.807) is 36.4 Å². The van der Waals surface area contributed by atoms with Gasteiger partial charge in [0.25, 0.3) is 5.91 Å². The van der Waals surface area contributed by atoms with Gasteiger partial charge < -0.3 is 5.11 Å². The van der Waals surface area contributed by atoms with Gasteiger partial charge in [0.15, 0.2) is 0 Å². The lowest BCUT2D eigenvalue weighted by Crippen LogP contribution is -2.32. The first-order valence-corrected chi connectivity index (χ1v) is 11.4. The molecule has 2 atom stereocenters. The van der Waals surface area contributed by atoms with Gasteiger partial charge in [-0.05, 0) is 78.4 Å². The average molecular weight is 472 g/mol. The summed E-state index contributed by atoms with van der Waals surface area (Å²) in [7, 11) is 0. The van der Waals surface area contributed by atoms with Crippen molar-refractivity contribution in [1.82, 2.24) is 5.01 Å². The molecule has 176 valence electrons. The quantitative estimate of drug-likeness (QED) is 0.499. The second kappa shape index (κ2) is 9.25. The number of hydrogen-bond acceptors (Lipinski definition) is 3. The molecule has 0 aromatic heterocycles. The summed E-state index contributed by atoms with van der Waals surface area (Å²) >= 11 is 0. The molecule has 0 bridgehead atoms. The Balaban J connectivity index is 1.60. The van der Waals surface area contributed by atoms with Crippen molar-refractivity contribution >= 4 is 23.7 Å². The zero-order chi connectivity index (χ0) is 24.5. The van der Waals surface area contributed by atoms with Crippen molar-refractivity contribution in [2.75, 3.05) is 0 Å². The Morgan fingerprint density at radius 3 is 2.20 bits per heavy atom. The van der Waals surface area contributed by atoms with Crippen LogP contribution in [0.1, 0.15) is 57.1 Å². The average Bonchev–Trinajstić information content (AvgIpc) is 3.26. The minimum Gasteiger partial charge on any atom is -0.478 e. The zero-order valence-corrected chi connectivity index (χ0v) is 18.7. The molecule has 0 saturated heterocycles. The molecule has 5 rings (SSSR count). The number of hydrazone groups is 1. The number of benzene rings is 3. The fourth-order valence-electron chi connectivity index (χ4n) is 4.90. The molecular formula is C28H22F2N2O3. The highest BCUT2D eigenvalue weighted by molar-refractivity contribution is 6.10. The van der Waals surface area contributed by atoms with E-state index in [0.29, 0.717) is 0 Å². The minimum absolute atomic E-state index is 0.0409. The molecule has 0 spiro atoms. The summed E-state index contributed by atoms with van der Waals surface area (Å²) in [6.45, 7) is 0. The van der Waals surface area contributed by atoms with Crippen LogP contribution in [-0.4, -0.2) is 27.7 Å². The second-order valence-electron chi connectivity index (χ2n) is 8.70. The van der Waals surface area contributed by atoms with Crippen LogP contribution in [0.2, 0.25) is 0 Å². The summed E-state index contributed by atoms with van der Waals surface area (Å²) in [5.41, 5.74) is 3.17. The molecular weight excluding hydrogens is 450 g/mol. The number of carbonyl (C=O) groups is 2. The topological polar surface area (TPSA) is 70.0 Å². The smallest absolute Gasteiger partial charge is 0.336 e. The van der Waals surface area contributed by atoms with E-state index < -0.39 is 17.9 Å². The lowest BCUT2D eigenvalue weighted by molar-refractivity contribution is 0.0645. The number of allylic oxidation sites excluding steroid dienone is 1. The largest absolute Gasteiger partial charge is 0.478 e. The highest BCUT2D eigenvalue weighted by Gasteiger charge is 2.44. The highest BCUT2D eigenvalue weighted by atomic mass is 19.1. The number of amides is 1. The van der Waals surface area contributed by atoms with Crippen molar-refractivity contribution in [2.45, 2.75) is 25.3 Å². The number of rotatable bonds is 4. The van der Waals surface area contributed by atoms with E-state index in [2.05, 4.69) is 0 Å². The number of nitrogens with zero attached hydrogens (tertiary/aromatic N) is 2. The molecule has 1 amide bonds. The number of hydrogen-bond donors (Lipinski definition) is 1. The van der Waals surface area contributed by atoms with Gasteiger partial charge in [-0.25, -0.2) is 18.6 Å². The van der Waals surface area contributed by atoms with Crippen LogP contribution in [0.5, 0.6) is 0 Å². The van der Waals surface area contributed by atoms with E-state index in [0.717, 1.165) is 41.7 Å². The summed E-state index contributed by atoms with van der Waals surface area (Å²) in [4.78, 5) is 25.5. The van der Waals surface area contributed by atoms with Gasteiger partial charge in [-0.2, -0.15) is 5.10 Å². The number of carboxylic acids is 1. The first-order chi connectivity index (χ1) is 16.9. The summed E-state index contributed by atoms with van der Waals surface area (Å²) in [6, 6.07) is 17.7. The first kappa shape index (κ1) is 22.7. The Morgan fingerprint density at radius 1 is 0.914 bits per heavy atom. The van der Waals surface area contributed by atoms with E-state index in [1.807, 2.05) is 6.08 Å². The van der Waals surface area contributed by atoms with Crippen molar-refractivity contribution < 1.29 is 23.5 Å². The number of halogens is 2. The predicted octanol–water partition coefficient (Wildman–Crippen LogP) is 6.10. The number of carbonyl (C=O) groups excluding carboxylic acids is 1. The number of aromatic carboxylic acids is 1. The van der Waals surface area contributed by atoms with Crippen LogP contribution < -0.4 is 0 Å². The summed E-state index contributed by atoms with van der Waals surface area (Å²) < 4.78 is 27.1. The first-order valence-electron chi connectivity index (χ1n) is 11.4. The third kappa shape index (κ3) is 4.37. The van der Waals surface area contributed by atoms with Gasteiger partial charge >= 0.3 is 5.97 Å². The Kier molecular flexibility index (Phi) is 5.99. The molecule has 0 radical (unpaired) electrons. The lowest BCUT2D eigenvalue weighted by Gasteiger charge is -2.30. The predicted molar refractivity (Wildman–Crippen MR) is 128 cm³/mol. The monoisotopic (exact) mass is 472 g/mol. The van der Waals surface area contributed by atoms with Crippen molar-refractivity contribution in [3.63, 3.8) is 0 Å². The van der Waals surface area contributed by atoms with E-state index in [9.17, 15) is 23.5 Å². The van der Waals surface area contributed by atoms with E-state index in [-0.39, 0.29) is 28.7 Å². The van der Waals surface area contributed by atoms with Crippen LogP contribution in [0, 0.1) is 17.6 Å². The van der Waals surface area contributed by atoms with Crippen LogP contribution in [0.25, 0.3) is 6.08 Å². The molecule has 1 saturated carbocycles. The van der Waals surface area contributed by atoms with Crippen molar-refractivity contribution in [1.29, 1.82) is 0 Å². The van der Waals surface area contributed by atoms with Gasteiger partial charge in [0.2, 0.25) is 0 Å². The number of carboxylic acid groups (broad SMARTS) is 1. The molecule has 1 heterocycles. The maximum Gasteiger partial charge on any atom is 0.336 e. The minimum atomic E-state index is -1.20. The zero-order valence-electron chi connectivity index (χ0n) is 18.7. The summed E-state index contributed by atoms with van der Waals surface area (Å²) in [5, 5.41) is 15.7. The van der Waals surface area contributed by atoms with E-state index >= 15 is 0 Å². The summed E-state index contributed by atoms with van der Waals surface area (Å²) in [5.74, 6) is -2.57. The molecule has 3 aromatic rings. The Bertz CT molecular complexity index is 1350. The van der Waals surface area contributed by atoms with Crippen LogP contribution in [-0.2, 0) is 0 Å². The SMILES string of the molecule is O=C(O)c1ccccc1C(=O)N1N=C2/C(=C\c3ccc(F)cc3)CCC[C@@H]2[C@H]1c1ccc(F)cc1. The fourth-order valence-corrected chi connectivity index (χ4v) is 4.90. The molecule has 1 fully saturated rings.